The minimum absolute atomic E-state index is 0.711. The van der Waals surface area contributed by atoms with Crippen LogP contribution in [0.2, 0.25) is 0 Å². The second kappa shape index (κ2) is 3.81. The van der Waals surface area contributed by atoms with Gasteiger partial charge in [0.2, 0.25) is 0 Å². The van der Waals surface area contributed by atoms with Gasteiger partial charge in [0, 0.05) is 0 Å². The lowest BCUT2D eigenvalue weighted by molar-refractivity contribution is 1.58. The summed E-state index contributed by atoms with van der Waals surface area (Å²) in [6, 6.07) is 0. The van der Waals surface area contributed by atoms with Crippen LogP contribution >= 0.6 is 15.9 Å². The fourth-order valence-electron chi connectivity index (χ4n) is 0.150. The summed E-state index contributed by atoms with van der Waals surface area (Å²) in [4.78, 5) is 3.53. The van der Waals surface area contributed by atoms with Crippen LogP contribution in [0.5, 0.6) is 0 Å². The second-order valence-electron chi connectivity index (χ2n) is 0.883. The summed E-state index contributed by atoms with van der Waals surface area (Å²) in [7, 11) is 0. The van der Waals surface area contributed by atoms with E-state index in [2.05, 4.69) is 34.2 Å². The van der Waals surface area contributed by atoms with Gasteiger partial charge in [-0.25, -0.2) is 0 Å². The van der Waals surface area contributed by atoms with Gasteiger partial charge in [-0.05, 0) is 28.7 Å². The molecule has 0 aromatic carbocycles. The van der Waals surface area contributed by atoms with Gasteiger partial charge >= 0.3 is 0 Å². The lowest BCUT2D eigenvalue weighted by Gasteiger charge is -1.77. The number of rotatable bonds is 2. The molecule has 7 heavy (non-hydrogen) atoms. The SMILES string of the molecule is C=C/C=C(/Br)N=C. The van der Waals surface area contributed by atoms with E-state index in [4.69, 9.17) is 0 Å². The van der Waals surface area contributed by atoms with E-state index in [1.165, 1.54) is 0 Å². The molecule has 0 radical (unpaired) electrons. The van der Waals surface area contributed by atoms with Crippen LogP contribution in [0.3, 0.4) is 0 Å². The lowest BCUT2D eigenvalue weighted by atomic mass is 10.6. The van der Waals surface area contributed by atoms with Gasteiger partial charge in [-0.2, -0.15) is 0 Å². The van der Waals surface area contributed by atoms with Crippen molar-refractivity contribution < 1.29 is 0 Å². The summed E-state index contributed by atoms with van der Waals surface area (Å²) in [5.74, 6) is 0. The van der Waals surface area contributed by atoms with Gasteiger partial charge in [-0.3, -0.25) is 4.99 Å². The molecule has 0 saturated heterocycles. The third kappa shape index (κ3) is 3.46. The van der Waals surface area contributed by atoms with E-state index in [1.807, 2.05) is 0 Å². The van der Waals surface area contributed by atoms with E-state index < -0.39 is 0 Å². The first kappa shape index (κ1) is 6.63. The Morgan fingerprint density at radius 1 is 1.71 bits per heavy atom. The average Bonchev–Trinajstić information content (AvgIpc) is 1.68. The summed E-state index contributed by atoms with van der Waals surface area (Å²) >= 11 is 3.10. The van der Waals surface area contributed by atoms with Crippen LogP contribution in [-0.2, 0) is 0 Å². The highest BCUT2D eigenvalue weighted by molar-refractivity contribution is 9.11. The van der Waals surface area contributed by atoms with Crippen molar-refractivity contribution in [1.29, 1.82) is 0 Å². The molecule has 2 heteroatoms. The average molecular weight is 160 g/mol. The molecule has 0 heterocycles. The number of hydrogen-bond donors (Lipinski definition) is 0. The van der Waals surface area contributed by atoms with Crippen molar-refractivity contribution in [2.75, 3.05) is 0 Å². The number of allylic oxidation sites excluding steroid dienone is 2. The second-order valence-corrected chi connectivity index (χ2v) is 1.70. The first-order valence-corrected chi connectivity index (χ1v) is 2.55. The normalized spacial score (nSPS) is 10.7. The maximum absolute atomic E-state index is 3.53. The highest BCUT2D eigenvalue weighted by Gasteiger charge is 1.73. The van der Waals surface area contributed by atoms with Gasteiger partial charge < -0.3 is 0 Å². The topological polar surface area (TPSA) is 12.4 Å². The zero-order valence-corrected chi connectivity index (χ0v) is 5.48. The molecule has 0 amide bonds. The molecule has 0 N–H and O–H groups in total. The predicted molar refractivity (Wildman–Crippen MR) is 36.8 cm³/mol. The molecule has 0 fully saturated rings. The molecule has 0 atom stereocenters. The fourth-order valence-corrected chi connectivity index (χ4v) is 0.337. The molecular formula is C5H6BrN. The quantitative estimate of drug-likeness (QED) is 0.333. The van der Waals surface area contributed by atoms with Gasteiger partial charge in [0.05, 0.1) is 0 Å². The van der Waals surface area contributed by atoms with Crippen LogP contribution in [0, 0.1) is 0 Å². The third-order valence-electron chi connectivity index (χ3n) is 0.406. The van der Waals surface area contributed by atoms with E-state index in [0.29, 0.717) is 4.61 Å². The van der Waals surface area contributed by atoms with Crippen molar-refractivity contribution in [2.45, 2.75) is 0 Å². The minimum Gasteiger partial charge on any atom is -0.257 e. The van der Waals surface area contributed by atoms with Crippen LogP contribution in [0.15, 0.2) is 28.3 Å². The summed E-state index contributed by atoms with van der Waals surface area (Å²) in [5.41, 5.74) is 0. The number of halogens is 1. The van der Waals surface area contributed by atoms with Gasteiger partial charge in [0.15, 0.2) is 0 Å². The zero-order chi connectivity index (χ0) is 5.70. The highest BCUT2D eigenvalue weighted by Crippen LogP contribution is 2.03. The minimum atomic E-state index is 0.711. The van der Waals surface area contributed by atoms with Crippen molar-refractivity contribution in [3.8, 4) is 0 Å². The van der Waals surface area contributed by atoms with Gasteiger partial charge in [-0.15, -0.1) is 0 Å². The summed E-state index contributed by atoms with van der Waals surface area (Å²) in [6.07, 6.45) is 3.35. The fraction of sp³-hybridized carbons (Fsp3) is 0. The Kier molecular flexibility index (Phi) is 3.61. The van der Waals surface area contributed by atoms with E-state index in [-0.39, 0.29) is 0 Å². The highest BCUT2D eigenvalue weighted by atomic mass is 79.9. The van der Waals surface area contributed by atoms with Crippen LogP contribution < -0.4 is 0 Å². The monoisotopic (exact) mass is 159 g/mol. The van der Waals surface area contributed by atoms with Crippen molar-refractivity contribution in [2.24, 2.45) is 4.99 Å². The molecule has 1 nitrogen and oxygen atoms in total. The van der Waals surface area contributed by atoms with Crippen molar-refractivity contribution in [3.63, 3.8) is 0 Å². The Morgan fingerprint density at radius 2 is 2.29 bits per heavy atom. The molecule has 0 aliphatic carbocycles. The molecule has 0 aliphatic heterocycles. The number of aliphatic imine (C=N–C) groups is 1. The number of nitrogens with zero attached hydrogens (tertiary/aromatic N) is 1. The Bertz CT molecular complexity index is 105. The standard InChI is InChI=1S/C5H6BrN/c1-3-4-5(6)7-2/h3-4H,1-2H2/b5-4-. The van der Waals surface area contributed by atoms with Gasteiger partial charge in [-0.1, -0.05) is 12.7 Å². The molecule has 0 saturated carbocycles. The maximum atomic E-state index is 3.53. The zero-order valence-electron chi connectivity index (χ0n) is 3.89. The Balaban J connectivity index is 3.72. The Morgan fingerprint density at radius 3 is 2.43 bits per heavy atom. The molecule has 0 rings (SSSR count). The molecule has 0 aromatic heterocycles. The van der Waals surface area contributed by atoms with Gasteiger partial charge in [0.25, 0.3) is 0 Å². The first-order valence-electron chi connectivity index (χ1n) is 1.76. The smallest absolute Gasteiger partial charge is 0.105 e. The molecular weight excluding hydrogens is 154 g/mol. The van der Waals surface area contributed by atoms with E-state index in [0.717, 1.165) is 0 Å². The lowest BCUT2D eigenvalue weighted by Crippen LogP contribution is -1.53. The van der Waals surface area contributed by atoms with Crippen molar-refractivity contribution >= 4 is 22.6 Å². The van der Waals surface area contributed by atoms with E-state index >= 15 is 0 Å². The maximum Gasteiger partial charge on any atom is 0.105 e. The van der Waals surface area contributed by atoms with Crippen LogP contribution in [0.25, 0.3) is 0 Å². The van der Waals surface area contributed by atoms with Crippen molar-refractivity contribution in [3.05, 3.63) is 23.3 Å². The van der Waals surface area contributed by atoms with Crippen molar-refractivity contribution in [1.82, 2.24) is 0 Å². The molecule has 0 spiro atoms. The molecule has 38 valence electrons. The van der Waals surface area contributed by atoms with Crippen LogP contribution in [0.1, 0.15) is 0 Å². The molecule has 0 unspecified atom stereocenters. The summed E-state index contributed by atoms with van der Waals surface area (Å²) in [5, 5.41) is 0. The van der Waals surface area contributed by atoms with E-state index in [1.54, 1.807) is 12.2 Å². The predicted octanol–water partition coefficient (Wildman–Crippen LogP) is 2.11. The van der Waals surface area contributed by atoms with E-state index in [9.17, 15) is 0 Å². The van der Waals surface area contributed by atoms with Crippen LogP contribution in [-0.4, -0.2) is 6.72 Å². The molecule has 0 aliphatic rings. The number of hydrogen-bond acceptors (Lipinski definition) is 1. The molecule has 0 aromatic rings. The third-order valence-corrected chi connectivity index (χ3v) is 0.922. The van der Waals surface area contributed by atoms with Gasteiger partial charge in [0.1, 0.15) is 4.61 Å². The largest absolute Gasteiger partial charge is 0.257 e. The first-order chi connectivity index (χ1) is 3.31. The Labute approximate surface area is 51.6 Å². The summed E-state index contributed by atoms with van der Waals surface area (Å²) in [6.45, 7) is 6.72. The summed E-state index contributed by atoms with van der Waals surface area (Å²) < 4.78 is 0.711. The van der Waals surface area contributed by atoms with Crippen LogP contribution in [0.4, 0.5) is 0 Å². The Hall–Kier alpha value is -0.370. The molecule has 0 bridgehead atoms.